The molecule has 0 fully saturated rings. The third-order valence-electron chi connectivity index (χ3n) is 5.68. The predicted molar refractivity (Wildman–Crippen MR) is 126 cm³/mol. The molecule has 190 valence electrons. The lowest BCUT2D eigenvalue weighted by Crippen LogP contribution is -2.40. The molecule has 1 unspecified atom stereocenters. The van der Waals surface area contributed by atoms with E-state index in [1.165, 1.54) is 31.3 Å². The van der Waals surface area contributed by atoms with Crippen LogP contribution in [0.3, 0.4) is 0 Å². The zero-order chi connectivity index (χ0) is 26.5. The molecule has 0 aromatic heterocycles. The summed E-state index contributed by atoms with van der Waals surface area (Å²) in [4.78, 5) is 14.6. The highest BCUT2D eigenvalue weighted by Crippen LogP contribution is 2.44. The Morgan fingerprint density at radius 2 is 1.78 bits per heavy atom. The molecule has 1 heterocycles. The van der Waals surface area contributed by atoms with Gasteiger partial charge in [0, 0.05) is 25.8 Å². The Hall–Kier alpha value is -3.81. The van der Waals surface area contributed by atoms with Gasteiger partial charge in [-0.15, -0.1) is 0 Å². The van der Waals surface area contributed by atoms with E-state index in [0.29, 0.717) is 22.4 Å². The minimum Gasteiger partial charge on any atom is -0.463 e. The second-order valence-electron chi connectivity index (χ2n) is 7.91. The Labute approximate surface area is 207 Å². The van der Waals surface area contributed by atoms with E-state index < -0.39 is 23.6 Å². The minimum absolute atomic E-state index is 0.0228. The van der Waals surface area contributed by atoms with Crippen molar-refractivity contribution in [2.45, 2.75) is 19.0 Å². The Bertz CT molecular complexity index is 1210. The highest BCUT2D eigenvalue weighted by molar-refractivity contribution is 5.94. The number of halogens is 3. The summed E-state index contributed by atoms with van der Waals surface area (Å²) in [6.45, 7) is 1.70. The maximum absolute atomic E-state index is 13.5. The normalized spacial score (nSPS) is 16.2. The summed E-state index contributed by atoms with van der Waals surface area (Å²) in [6, 6.07) is 13.3. The molecule has 2 N–H and O–H groups in total. The molecule has 36 heavy (non-hydrogen) atoms. The van der Waals surface area contributed by atoms with Crippen molar-refractivity contribution in [3.8, 4) is 6.07 Å². The van der Waals surface area contributed by atoms with Gasteiger partial charge in [-0.3, -0.25) is 4.90 Å². The Balaban J connectivity index is 2.34. The quantitative estimate of drug-likeness (QED) is 0.534. The number of hydrogen-bond acceptors (Lipinski definition) is 7. The molecule has 2 aromatic carbocycles. The van der Waals surface area contributed by atoms with Crippen molar-refractivity contribution in [1.82, 2.24) is 0 Å². The first-order chi connectivity index (χ1) is 17.2. The number of hydrogen-bond donors (Lipinski definition) is 1. The van der Waals surface area contributed by atoms with Gasteiger partial charge >= 0.3 is 12.1 Å². The molecule has 0 spiro atoms. The van der Waals surface area contributed by atoms with Gasteiger partial charge in [0.05, 0.1) is 48.3 Å². The molecule has 0 amide bonds. The number of esters is 1. The number of ether oxygens (including phenoxy) is 3. The van der Waals surface area contributed by atoms with Crippen molar-refractivity contribution < 1.29 is 32.2 Å². The second-order valence-corrected chi connectivity index (χ2v) is 7.91. The number of anilines is 1. The molecule has 0 radical (unpaired) electrons. The standard InChI is InChI=1S/C26H26F3N3O4/c1-4-36-25(33)23-22(17-10-8-16(13-30)9-11-17)20(14-34-2)21(15-35-3)32(24(23)31)19-7-5-6-18(12-19)26(27,28)29/h5-12,22H,4,14-15,31H2,1-3H3. The number of nitrogens with zero attached hydrogens (tertiary/aromatic N) is 2. The summed E-state index contributed by atoms with van der Waals surface area (Å²) in [5.41, 5.74) is 7.86. The van der Waals surface area contributed by atoms with Gasteiger partial charge in [-0.05, 0) is 48.4 Å². The van der Waals surface area contributed by atoms with Gasteiger partial charge in [0.25, 0.3) is 0 Å². The molecule has 1 atom stereocenters. The molecule has 0 saturated carbocycles. The largest absolute Gasteiger partial charge is 0.463 e. The smallest absolute Gasteiger partial charge is 0.416 e. The van der Waals surface area contributed by atoms with Crippen molar-refractivity contribution in [3.05, 3.63) is 87.9 Å². The van der Waals surface area contributed by atoms with E-state index in [1.807, 2.05) is 6.07 Å². The fourth-order valence-electron chi connectivity index (χ4n) is 4.18. The number of methoxy groups -OCH3 is 2. The molecule has 1 aliphatic heterocycles. The SMILES string of the molecule is CCOC(=O)C1=C(N)N(c2cccc(C(F)(F)F)c2)C(COC)=C(COC)C1c1ccc(C#N)cc1. The van der Waals surface area contributed by atoms with E-state index in [0.717, 1.165) is 12.1 Å². The maximum Gasteiger partial charge on any atom is 0.416 e. The van der Waals surface area contributed by atoms with Crippen LogP contribution in [0, 0.1) is 11.3 Å². The third-order valence-corrected chi connectivity index (χ3v) is 5.68. The summed E-state index contributed by atoms with van der Waals surface area (Å²) in [5.74, 6) is -1.55. The lowest BCUT2D eigenvalue weighted by molar-refractivity contribution is -0.139. The molecular weight excluding hydrogens is 475 g/mol. The van der Waals surface area contributed by atoms with Crippen molar-refractivity contribution >= 4 is 11.7 Å². The molecule has 0 saturated heterocycles. The van der Waals surface area contributed by atoms with Crippen molar-refractivity contribution in [2.75, 3.05) is 38.9 Å². The zero-order valence-corrected chi connectivity index (χ0v) is 20.1. The van der Waals surface area contributed by atoms with E-state index in [9.17, 15) is 23.2 Å². The van der Waals surface area contributed by atoms with Gasteiger partial charge < -0.3 is 19.9 Å². The lowest BCUT2D eigenvalue weighted by atomic mass is 9.80. The molecule has 3 rings (SSSR count). The molecular formula is C26H26F3N3O4. The summed E-state index contributed by atoms with van der Waals surface area (Å²) in [7, 11) is 2.91. The van der Waals surface area contributed by atoms with Crippen LogP contribution in [-0.2, 0) is 25.2 Å². The molecule has 0 bridgehead atoms. The van der Waals surface area contributed by atoms with E-state index in [-0.39, 0.29) is 36.9 Å². The van der Waals surface area contributed by atoms with Gasteiger partial charge in [-0.2, -0.15) is 18.4 Å². The maximum atomic E-state index is 13.5. The summed E-state index contributed by atoms with van der Waals surface area (Å²) in [6.07, 6.45) is -4.58. The van der Waals surface area contributed by atoms with Crippen molar-refractivity contribution in [3.63, 3.8) is 0 Å². The predicted octanol–water partition coefficient (Wildman–Crippen LogP) is 4.46. The molecule has 0 aliphatic carbocycles. The number of nitrogens with two attached hydrogens (primary N) is 1. The monoisotopic (exact) mass is 501 g/mol. The topological polar surface area (TPSA) is 97.8 Å². The number of alkyl halides is 3. The Morgan fingerprint density at radius 3 is 2.33 bits per heavy atom. The van der Waals surface area contributed by atoms with Crippen LogP contribution in [0.5, 0.6) is 0 Å². The van der Waals surface area contributed by atoms with Crippen molar-refractivity contribution in [1.29, 1.82) is 5.26 Å². The van der Waals surface area contributed by atoms with Crippen LogP contribution >= 0.6 is 0 Å². The number of nitriles is 1. The van der Waals surface area contributed by atoms with Crippen LogP contribution in [0.1, 0.15) is 29.5 Å². The third kappa shape index (κ3) is 5.37. The fraction of sp³-hybridized carbons (Fsp3) is 0.308. The molecule has 1 aliphatic rings. The van der Waals surface area contributed by atoms with Crippen LogP contribution < -0.4 is 10.6 Å². The van der Waals surface area contributed by atoms with Crippen molar-refractivity contribution in [2.24, 2.45) is 5.73 Å². The van der Waals surface area contributed by atoms with Gasteiger partial charge in [-0.25, -0.2) is 4.79 Å². The first-order valence-corrected chi connectivity index (χ1v) is 11.0. The van der Waals surface area contributed by atoms with E-state index in [4.69, 9.17) is 19.9 Å². The number of benzene rings is 2. The number of rotatable bonds is 8. The van der Waals surface area contributed by atoms with Gasteiger partial charge in [0.2, 0.25) is 0 Å². The van der Waals surface area contributed by atoms with E-state index in [2.05, 4.69) is 0 Å². The van der Waals surface area contributed by atoms with Crippen LogP contribution in [-0.4, -0.2) is 40.0 Å². The van der Waals surface area contributed by atoms with Gasteiger partial charge in [-0.1, -0.05) is 18.2 Å². The summed E-state index contributed by atoms with van der Waals surface area (Å²) >= 11 is 0. The average molecular weight is 502 g/mol. The van der Waals surface area contributed by atoms with Gasteiger partial charge in [0.1, 0.15) is 5.82 Å². The number of carbonyl (C=O) groups is 1. The highest BCUT2D eigenvalue weighted by Gasteiger charge is 2.40. The first kappa shape index (κ1) is 26.8. The second kappa shape index (κ2) is 11.3. The lowest BCUT2D eigenvalue weighted by Gasteiger charge is -2.39. The highest BCUT2D eigenvalue weighted by atomic mass is 19.4. The Morgan fingerprint density at radius 1 is 1.11 bits per heavy atom. The zero-order valence-electron chi connectivity index (χ0n) is 20.1. The Kier molecular flexibility index (Phi) is 8.40. The van der Waals surface area contributed by atoms with Gasteiger partial charge in [0.15, 0.2) is 0 Å². The van der Waals surface area contributed by atoms with E-state index in [1.54, 1.807) is 31.2 Å². The molecule has 2 aromatic rings. The van der Waals surface area contributed by atoms with Crippen LogP contribution in [0.25, 0.3) is 0 Å². The van der Waals surface area contributed by atoms with Crippen LogP contribution in [0.15, 0.2) is 71.2 Å². The van der Waals surface area contributed by atoms with E-state index >= 15 is 0 Å². The number of carbonyl (C=O) groups excluding carboxylic acids is 1. The molecule has 7 nitrogen and oxygen atoms in total. The summed E-state index contributed by atoms with van der Waals surface area (Å²) < 4.78 is 56.7. The fourth-order valence-corrected chi connectivity index (χ4v) is 4.18. The molecule has 10 heteroatoms. The summed E-state index contributed by atoms with van der Waals surface area (Å²) in [5, 5.41) is 9.19. The minimum atomic E-state index is -4.58. The van der Waals surface area contributed by atoms with Crippen LogP contribution in [0.2, 0.25) is 0 Å². The first-order valence-electron chi connectivity index (χ1n) is 11.0. The van der Waals surface area contributed by atoms with Crippen LogP contribution in [0.4, 0.5) is 18.9 Å². The average Bonchev–Trinajstić information content (AvgIpc) is 2.85.